The zero-order chi connectivity index (χ0) is 9.14. The van der Waals surface area contributed by atoms with Crippen LogP contribution >= 0.6 is 0 Å². The van der Waals surface area contributed by atoms with Gasteiger partial charge in [0.05, 0.1) is 5.69 Å². The molecule has 0 fully saturated rings. The van der Waals surface area contributed by atoms with Gasteiger partial charge in [-0.3, -0.25) is 9.36 Å². The summed E-state index contributed by atoms with van der Waals surface area (Å²) >= 11 is 0. The van der Waals surface area contributed by atoms with Gasteiger partial charge in [-0.25, -0.2) is 0 Å². The lowest BCUT2D eigenvalue weighted by molar-refractivity contribution is 0.0923. The molecule has 0 aliphatic heterocycles. The van der Waals surface area contributed by atoms with Crippen LogP contribution in [0, 0.1) is 11.3 Å². The minimum Gasteiger partial charge on any atom is -0.373 e. The number of aromatic nitrogens is 1. The Bertz CT molecular complexity index is 335. The van der Waals surface area contributed by atoms with Crippen LogP contribution in [0.3, 0.4) is 0 Å². The Labute approximate surface area is 69.7 Å². The van der Waals surface area contributed by atoms with E-state index in [1.54, 1.807) is 12.1 Å². The number of hydrogen-bond donors (Lipinski definition) is 1. The molecule has 1 N–H and O–H groups in total. The lowest BCUT2D eigenvalue weighted by Gasteiger charge is -2.04. The maximum absolute atomic E-state index is 10.9. The van der Waals surface area contributed by atoms with Crippen molar-refractivity contribution < 1.29 is 9.90 Å². The fraction of sp³-hybridized carbons (Fsp3) is 0.250. The van der Waals surface area contributed by atoms with Crippen molar-refractivity contribution in [2.45, 2.75) is 13.0 Å². The second kappa shape index (κ2) is 3.20. The molecular formula is C8H8N2O2. The minimum absolute atomic E-state index is 0.218. The number of aliphatic hydroxyl groups is 1. The zero-order valence-electron chi connectivity index (χ0n) is 6.56. The molecule has 0 aromatic carbocycles. The third kappa shape index (κ3) is 1.36. The molecule has 4 nitrogen and oxygen atoms in total. The van der Waals surface area contributed by atoms with Crippen LogP contribution in [0.4, 0.5) is 0 Å². The van der Waals surface area contributed by atoms with Crippen LogP contribution in [0.15, 0.2) is 18.3 Å². The Hall–Kier alpha value is -1.60. The Kier molecular flexibility index (Phi) is 2.26. The van der Waals surface area contributed by atoms with Gasteiger partial charge in [0.2, 0.25) is 5.91 Å². The third-order valence-electron chi connectivity index (χ3n) is 1.52. The first kappa shape index (κ1) is 8.50. The van der Waals surface area contributed by atoms with Crippen LogP contribution in [0.2, 0.25) is 0 Å². The van der Waals surface area contributed by atoms with Crippen molar-refractivity contribution in [2.75, 3.05) is 0 Å². The molecule has 12 heavy (non-hydrogen) atoms. The monoisotopic (exact) mass is 164 g/mol. The summed E-state index contributed by atoms with van der Waals surface area (Å²) in [6.07, 6.45) is 0.280. The van der Waals surface area contributed by atoms with Crippen LogP contribution in [0.1, 0.15) is 23.5 Å². The van der Waals surface area contributed by atoms with Gasteiger partial charge in [-0.05, 0) is 12.1 Å². The summed E-state index contributed by atoms with van der Waals surface area (Å²) in [4.78, 5) is 10.9. The first-order chi connectivity index (χ1) is 5.66. The number of carbonyl (C=O) groups excluding carboxylic acids is 1. The summed E-state index contributed by atoms with van der Waals surface area (Å²) in [6.45, 7) is 1.37. The van der Waals surface area contributed by atoms with E-state index in [9.17, 15) is 4.79 Å². The average molecular weight is 164 g/mol. The number of rotatable bonds is 1. The molecule has 0 saturated heterocycles. The molecule has 1 heterocycles. The molecule has 1 rings (SSSR count). The molecule has 0 radical (unpaired) electrons. The predicted molar refractivity (Wildman–Crippen MR) is 41.3 cm³/mol. The van der Waals surface area contributed by atoms with Gasteiger partial charge >= 0.3 is 0 Å². The minimum atomic E-state index is -1.23. The largest absolute Gasteiger partial charge is 0.373 e. The maximum atomic E-state index is 10.9. The second-order valence-corrected chi connectivity index (χ2v) is 2.35. The number of carbonyl (C=O) groups is 1. The summed E-state index contributed by atoms with van der Waals surface area (Å²) in [5.41, 5.74) is 0.310. The molecule has 1 atom stereocenters. The first-order valence-corrected chi connectivity index (χ1v) is 3.42. The van der Waals surface area contributed by atoms with E-state index in [0.717, 1.165) is 0 Å². The zero-order valence-corrected chi connectivity index (χ0v) is 6.56. The van der Waals surface area contributed by atoms with E-state index >= 15 is 0 Å². The predicted octanol–water partition coefficient (Wildman–Crippen LogP) is 0.705. The molecule has 1 aromatic heterocycles. The number of hydrogen-bond acceptors (Lipinski definition) is 3. The molecule has 0 bridgehead atoms. The van der Waals surface area contributed by atoms with Crippen LogP contribution in [0.5, 0.6) is 0 Å². The lowest BCUT2D eigenvalue weighted by atomic mass is 10.3. The maximum Gasteiger partial charge on any atom is 0.227 e. The topological polar surface area (TPSA) is 66.0 Å². The van der Waals surface area contributed by atoms with E-state index in [-0.39, 0.29) is 5.91 Å². The Morgan fingerprint density at radius 2 is 2.50 bits per heavy atom. The Morgan fingerprint density at radius 3 is 3.00 bits per heavy atom. The Balaban J connectivity index is 3.09. The van der Waals surface area contributed by atoms with Crippen molar-refractivity contribution in [2.24, 2.45) is 0 Å². The van der Waals surface area contributed by atoms with E-state index in [1.807, 2.05) is 0 Å². The summed E-state index contributed by atoms with van der Waals surface area (Å²) in [5.74, 6) is -0.218. The van der Waals surface area contributed by atoms with Crippen molar-refractivity contribution in [1.29, 1.82) is 5.26 Å². The molecule has 4 heteroatoms. The molecule has 0 aliphatic rings. The van der Waals surface area contributed by atoms with Crippen LogP contribution in [-0.2, 0) is 0 Å². The van der Waals surface area contributed by atoms with E-state index < -0.39 is 6.10 Å². The van der Waals surface area contributed by atoms with Crippen molar-refractivity contribution in [1.82, 2.24) is 4.57 Å². The van der Waals surface area contributed by atoms with Gasteiger partial charge in [0.15, 0.2) is 6.10 Å². The fourth-order valence-electron chi connectivity index (χ4n) is 0.970. The molecule has 0 aliphatic carbocycles. The second-order valence-electron chi connectivity index (χ2n) is 2.35. The highest BCUT2D eigenvalue weighted by Crippen LogP contribution is 2.12. The van der Waals surface area contributed by atoms with Crippen molar-refractivity contribution in [3.63, 3.8) is 0 Å². The van der Waals surface area contributed by atoms with Crippen LogP contribution in [-0.4, -0.2) is 15.6 Å². The van der Waals surface area contributed by atoms with Gasteiger partial charge in [0.25, 0.3) is 0 Å². The highest BCUT2D eigenvalue weighted by atomic mass is 16.3. The number of aliphatic hydroxyl groups excluding tert-OH is 1. The molecule has 0 saturated carbocycles. The van der Waals surface area contributed by atoms with Gasteiger partial charge in [-0.2, -0.15) is 5.26 Å². The van der Waals surface area contributed by atoms with Gasteiger partial charge < -0.3 is 5.11 Å². The van der Waals surface area contributed by atoms with Gasteiger partial charge in [0, 0.05) is 13.1 Å². The van der Waals surface area contributed by atoms with E-state index in [4.69, 9.17) is 10.4 Å². The summed E-state index contributed by atoms with van der Waals surface area (Å²) < 4.78 is 1.24. The molecule has 0 amide bonds. The SMILES string of the molecule is CC(=O)n1cccc1C(O)C#N. The van der Waals surface area contributed by atoms with Gasteiger partial charge in [-0.15, -0.1) is 0 Å². The molecule has 0 spiro atoms. The number of nitrogens with zero attached hydrogens (tertiary/aromatic N) is 2. The third-order valence-corrected chi connectivity index (χ3v) is 1.52. The number of nitriles is 1. The van der Waals surface area contributed by atoms with Crippen LogP contribution < -0.4 is 0 Å². The first-order valence-electron chi connectivity index (χ1n) is 3.42. The van der Waals surface area contributed by atoms with E-state index in [1.165, 1.54) is 23.8 Å². The standard InChI is InChI=1S/C8H8N2O2/c1-6(11)10-4-2-3-7(10)8(12)5-9/h2-4,8,12H,1H3. The summed E-state index contributed by atoms with van der Waals surface area (Å²) in [6, 6.07) is 4.79. The molecular weight excluding hydrogens is 156 g/mol. The van der Waals surface area contributed by atoms with E-state index in [2.05, 4.69) is 0 Å². The quantitative estimate of drug-likeness (QED) is 0.621. The summed E-state index contributed by atoms with van der Waals surface area (Å²) in [7, 11) is 0. The van der Waals surface area contributed by atoms with E-state index in [0.29, 0.717) is 5.69 Å². The molecule has 1 unspecified atom stereocenters. The summed E-state index contributed by atoms with van der Waals surface area (Å²) in [5, 5.41) is 17.5. The highest BCUT2D eigenvalue weighted by molar-refractivity contribution is 5.77. The molecule has 62 valence electrons. The smallest absolute Gasteiger partial charge is 0.227 e. The van der Waals surface area contributed by atoms with Crippen molar-refractivity contribution >= 4 is 5.91 Å². The van der Waals surface area contributed by atoms with Crippen molar-refractivity contribution in [3.8, 4) is 6.07 Å². The molecule has 1 aromatic rings. The lowest BCUT2D eigenvalue weighted by Crippen LogP contribution is -2.10. The van der Waals surface area contributed by atoms with Crippen LogP contribution in [0.25, 0.3) is 0 Å². The Morgan fingerprint density at radius 1 is 1.83 bits per heavy atom. The highest BCUT2D eigenvalue weighted by Gasteiger charge is 2.12. The van der Waals surface area contributed by atoms with Crippen molar-refractivity contribution in [3.05, 3.63) is 24.0 Å². The average Bonchev–Trinajstić information content (AvgIpc) is 2.50. The van der Waals surface area contributed by atoms with Gasteiger partial charge in [0.1, 0.15) is 6.07 Å². The normalized spacial score (nSPS) is 12.1. The fourth-order valence-corrected chi connectivity index (χ4v) is 0.970. The van der Waals surface area contributed by atoms with Gasteiger partial charge in [-0.1, -0.05) is 0 Å².